The molecule has 1 aromatic rings. The zero-order valence-corrected chi connectivity index (χ0v) is 12.1. The van der Waals surface area contributed by atoms with Crippen molar-refractivity contribution in [3.8, 4) is 0 Å². The molecule has 20 heavy (non-hydrogen) atoms. The standard InChI is InChI=1S/C15H18ClNO3/c1-17(8-4-7-14(18)19)15(20)12-9-11(12)10-5-2-3-6-13(10)16/h2-3,5-6,11-12H,4,7-9H2,1H3,(H,18,19). The first kappa shape index (κ1) is 14.9. The van der Waals surface area contributed by atoms with E-state index in [2.05, 4.69) is 0 Å². The Hall–Kier alpha value is -1.55. The van der Waals surface area contributed by atoms with E-state index in [1.165, 1.54) is 0 Å². The van der Waals surface area contributed by atoms with Crippen LogP contribution in [0.5, 0.6) is 0 Å². The van der Waals surface area contributed by atoms with E-state index < -0.39 is 5.97 Å². The summed E-state index contributed by atoms with van der Waals surface area (Å²) in [6.45, 7) is 0.483. The van der Waals surface area contributed by atoms with Crippen LogP contribution in [0.3, 0.4) is 0 Å². The number of hydrogen-bond acceptors (Lipinski definition) is 2. The van der Waals surface area contributed by atoms with Crippen molar-refractivity contribution in [3.05, 3.63) is 34.9 Å². The van der Waals surface area contributed by atoms with Gasteiger partial charge in [0.15, 0.2) is 0 Å². The van der Waals surface area contributed by atoms with Gasteiger partial charge in [-0.05, 0) is 30.4 Å². The van der Waals surface area contributed by atoms with Crippen LogP contribution in [0.4, 0.5) is 0 Å². The molecule has 1 amide bonds. The van der Waals surface area contributed by atoms with Gasteiger partial charge < -0.3 is 10.0 Å². The van der Waals surface area contributed by atoms with E-state index in [1.807, 2.05) is 24.3 Å². The largest absolute Gasteiger partial charge is 0.481 e. The van der Waals surface area contributed by atoms with Crippen molar-refractivity contribution >= 4 is 23.5 Å². The summed E-state index contributed by atoms with van der Waals surface area (Å²) in [5.41, 5.74) is 1.03. The molecule has 0 bridgehead atoms. The molecule has 4 nitrogen and oxygen atoms in total. The molecule has 2 unspecified atom stereocenters. The molecule has 0 aromatic heterocycles. The fraction of sp³-hybridized carbons (Fsp3) is 0.467. The van der Waals surface area contributed by atoms with E-state index in [1.54, 1.807) is 11.9 Å². The van der Waals surface area contributed by atoms with Crippen LogP contribution >= 0.6 is 11.6 Å². The summed E-state index contributed by atoms with van der Waals surface area (Å²) in [7, 11) is 1.73. The highest BCUT2D eigenvalue weighted by molar-refractivity contribution is 6.31. The van der Waals surface area contributed by atoms with Crippen molar-refractivity contribution in [2.24, 2.45) is 5.92 Å². The number of amides is 1. The maximum Gasteiger partial charge on any atom is 0.303 e. The molecule has 1 aliphatic carbocycles. The molecule has 5 heteroatoms. The monoisotopic (exact) mass is 295 g/mol. The summed E-state index contributed by atoms with van der Waals surface area (Å²) in [6.07, 6.45) is 1.41. The summed E-state index contributed by atoms with van der Waals surface area (Å²) < 4.78 is 0. The van der Waals surface area contributed by atoms with E-state index in [-0.39, 0.29) is 24.2 Å². The van der Waals surface area contributed by atoms with Gasteiger partial charge in [-0.3, -0.25) is 9.59 Å². The van der Waals surface area contributed by atoms with E-state index in [0.717, 1.165) is 12.0 Å². The Morgan fingerprint density at radius 3 is 2.75 bits per heavy atom. The third kappa shape index (κ3) is 3.51. The molecular weight excluding hydrogens is 278 g/mol. The Morgan fingerprint density at radius 1 is 1.40 bits per heavy atom. The van der Waals surface area contributed by atoms with Gasteiger partial charge in [-0.2, -0.15) is 0 Å². The normalized spacial score (nSPS) is 20.5. The predicted octanol–water partition coefficient (Wildman–Crippen LogP) is 2.77. The first-order valence-corrected chi connectivity index (χ1v) is 7.09. The molecule has 1 N–H and O–H groups in total. The van der Waals surface area contributed by atoms with Crippen LogP contribution in [0, 0.1) is 5.92 Å². The fourth-order valence-corrected chi connectivity index (χ4v) is 2.72. The van der Waals surface area contributed by atoms with Crippen LogP contribution in [0.25, 0.3) is 0 Å². The van der Waals surface area contributed by atoms with Gasteiger partial charge in [0.05, 0.1) is 0 Å². The number of carbonyl (C=O) groups is 2. The van der Waals surface area contributed by atoms with E-state index in [0.29, 0.717) is 18.0 Å². The van der Waals surface area contributed by atoms with Gasteiger partial charge in [-0.1, -0.05) is 29.8 Å². The number of hydrogen-bond donors (Lipinski definition) is 1. The summed E-state index contributed by atoms with van der Waals surface area (Å²) in [5, 5.41) is 9.30. The highest BCUT2D eigenvalue weighted by Crippen LogP contribution is 2.50. The molecule has 2 atom stereocenters. The number of carbonyl (C=O) groups excluding carboxylic acids is 1. The molecule has 1 aliphatic rings. The highest BCUT2D eigenvalue weighted by atomic mass is 35.5. The molecule has 1 fully saturated rings. The summed E-state index contributed by atoms with van der Waals surface area (Å²) in [5.74, 6) is -0.547. The lowest BCUT2D eigenvalue weighted by atomic mass is 10.1. The number of rotatable bonds is 6. The summed E-state index contributed by atoms with van der Waals surface area (Å²) in [6, 6.07) is 7.61. The third-order valence-corrected chi connectivity index (χ3v) is 4.02. The fourth-order valence-electron chi connectivity index (χ4n) is 2.45. The first-order valence-electron chi connectivity index (χ1n) is 6.72. The quantitative estimate of drug-likeness (QED) is 0.878. The molecule has 2 rings (SSSR count). The van der Waals surface area contributed by atoms with Crippen molar-refractivity contribution in [1.29, 1.82) is 0 Å². The highest BCUT2D eigenvalue weighted by Gasteiger charge is 2.45. The lowest BCUT2D eigenvalue weighted by molar-refractivity contribution is -0.138. The van der Waals surface area contributed by atoms with Gasteiger partial charge in [0, 0.05) is 31.0 Å². The Labute approximate surface area is 123 Å². The van der Waals surface area contributed by atoms with Crippen LogP contribution in [0.15, 0.2) is 24.3 Å². The Morgan fingerprint density at radius 2 is 2.10 bits per heavy atom. The predicted molar refractivity (Wildman–Crippen MR) is 76.8 cm³/mol. The summed E-state index contributed by atoms with van der Waals surface area (Å²) >= 11 is 6.14. The molecular formula is C15H18ClNO3. The second-order valence-electron chi connectivity index (χ2n) is 5.23. The number of halogens is 1. The maximum absolute atomic E-state index is 12.2. The van der Waals surface area contributed by atoms with Crippen LogP contribution in [0.2, 0.25) is 5.02 Å². The average Bonchev–Trinajstić information content (AvgIpc) is 3.18. The smallest absolute Gasteiger partial charge is 0.303 e. The zero-order valence-electron chi connectivity index (χ0n) is 11.4. The minimum Gasteiger partial charge on any atom is -0.481 e. The molecule has 1 saturated carbocycles. The summed E-state index contributed by atoms with van der Waals surface area (Å²) in [4.78, 5) is 24.3. The van der Waals surface area contributed by atoms with Crippen LogP contribution in [-0.2, 0) is 9.59 Å². The van der Waals surface area contributed by atoms with Gasteiger partial charge in [0.25, 0.3) is 0 Å². The Balaban J connectivity index is 1.86. The average molecular weight is 296 g/mol. The lowest BCUT2D eigenvalue weighted by Gasteiger charge is -2.16. The van der Waals surface area contributed by atoms with Crippen molar-refractivity contribution in [2.75, 3.05) is 13.6 Å². The second-order valence-corrected chi connectivity index (χ2v) is 5.63. The van der Waals surface area contributed by atoms with Gasteiger partial charge in [0.1, 0.15) is 0 Å². The SMILES string of the molecule is CN(CCCC(=O)O)C(=O)C1CC1c1ccccc1Cl. The number of benzene rings is 1. The molecule has 0 heterocycles. The van der Waals surface area contributed by atoms with Crippen LogP contribution in [0.1, 0.15) is 30.7 Å². The van der Waals surface area contributed by atoms with Crippen LogP contribution < -0.4 is 0 Å². The molecule has 0 radical (unpaired) electrons. The van der Waals surface area contributed by atoms with E-state index in [4.69, 9.17) is 16.7 Å². The Kier molecular flexibility index (Phi) is 4.65. The molecule has 108 valence electrons. The first-order chi connectivity index (χ1) is 9.50. The van der Waals surface area contributed by atoms with E-state index in [9.17, 15) is 9.59 Å². The lowest BCUT2D eigenvalue weighted by Crippen LogP contribution is -2.29. The maximum atomic E-state index is 12.2. The molecule has 0 aliphatic heterocycles. The van der Waals surface area contributed by atoms with Crippen molar-refractivity contribution in [2.45, 2.75) is 25.2 Å². The molecule has 0 saturated heterocycles. The second kappa shape index (κ2) is 6.27. The number of carboxylic acids is 1. The van der Waals surface area contributed by atoms with E-state index >= 15 is 0 Å². The third-order valence-electron chi connectivity index (χ3n) is 3.67. The minimum absolute atomic E-state index is 0.00951. The number of carboxylic acid groups (broad SMARTS) is 1. The number of aliphatic carboxylic acids is 1. The van der Waals surface area contributed by atoms with Gasteiger partial charge >= 0.3 is 5.97 Å². The van der Waals surface area contributed by atoms with Gasteiger partial charge in [-0.25, -0.2) is 0 Å². The van der Waals surface area contributed by atoms with Crippen LogP contribution in [-0.4, -0.2) is 35.5 Å². The Bertz CT molecular complexity index is 518. The van der Waals surface area contributed by atoms with Crippen molar-refractivity contribution < 1.29 is 14.7 Å². The number of nitrogens with zero attached hydrogens (tertiary/aromatic N) is 1. The van der Waals surface area contributed by atoms with Gasteiger partial charge in [-0.15, -0.1) is 0 Å². The van der Waals surface area contributed by atoms with Crippen molar-refractivity contribution in [3.63, 3.8) is 0 Å². The molecule has 0 spiro atoms. The minimum atomic E-state index is -0.828. The van der Waals surface area contributed by atoms with Gasteiger partial charge in [0.2, 0.25) is 5.91 Å². The topological polar surface area (TPSA) is 57.6 Å². The molecule has 1 aromatic carbocycles. The zero-order chi connectivity index (χ0) is 14.7. The van der Waals surface area contributed by atoms with Crippen molar-refractivity contribution in [1.82, 2.24) is 4.90 Å².